The molecule has 0 saturated carbocycles. The van der Waals surface area contributed by atoms with Gasteiger partial charge in [0.1, 0.15) is 0 Å². The van der Waals surface area contributed by atoms with E-state index in [1.165, 1.54) is 21.0 Å². The number of ether oxygens (including phenoxy) is 1. The second-order valence-corrected chi connectivity index (χ2v) is 6.40. The van der Waals surface area contributed by atoms with Gasteiger partial charge in [0.05, 0.1) is 18.2 Å². The summed E-state index contributed by atoms with van der Waals surface area (Å²) >= 11 is 0. The highest BCUT2D eigenvalue weighted by Gasteiger charge is 2.24. The van der Waals surface area contributed by atoms with E-state index < -0.39 is 0 Å². The van der Waals surface area contributed by atoms with Gasteiger partial charge in [-0.2, -0.15) is 0 Å². The van der Waals surface area contributed by atoms with Crippen LogP contribution in [-0.2, 0) is 9.59 Å². The Hall–Kier alpha value is -3.09. The van der Waals surface area contributed by atoms with Crippen molar-refractivity contribution in [1.82, 2.24) is 4.90 Å². The molecule has 2 amide bonds. The number of allylic oxidation sites excluding steroid dienone is 1. The van der Waals surface area contributed by atoms with Gasteiger partial charge in [-0.25, -0.2) is 0 Å². The standard InChI is InChI=1S/C21H26N2O5/c1-7-23(8-2)17(26)11-12(3)15-9-10-16(27-6)21-18(15)19(22-14(5)25)20(28-21)13(4)24/h9-11H,7-8H2,1-6H3,(H,22,25)/b12-11+. The molecule has 0 saturated heterocycles. The second-order valence-electron chi connectivity index (χ2n) is 6.40. The van der Waals surface area contributed by atoms with E-state index in [0.29, 0.717) is 40.9 Å². The summed E-state index contributed by atoms with van der Waals surface area (Å²) < 4.78 is 11.1. The number of carbonyl (C=O) groups excluding carboxylic acids is 3. The molecule has 1 N–H and O–H groups in total. The molecule has 7 heteroatoms. The van der Waals surface area contributed by atoms with Gasteiger partial charge in [-0.3, -0.25) is 14.4 Å². The number of fused-ring (bicyclic) bond motifs is 1. The first-order chi connectivity index (χ1) is 13.2. The van der Waals surface area contributed by atoms with E-state index in [2.05, 4.69) is 5.32 Å². The number of carbonyl (C=O) groups is 3. The van der Waals surface area contributed by atoms with E-state index in [1.807, 2.05) is 13.8 Å². The van der Waals surface area contributed by atoms with E-state index in [-0.39, 0.29) is 29.0 Å². The number of amides is 2. The summed E-state index contributed by atoms with van der Waals surface area (Å²) in [5.74, 6) is -0.295. The quantitative estimate of drug-likeness (QED) is 0.576. The number of nitrogens with zero attached hydrogens (tertiary/aromatic N) is 1. The van der Waals surface area contributed by atoms with Crippen LogP contribution in [-0.4, -0.2) is 42.7 Å². The molecular weight excluding hydrogens is 360 g/mol. The molecule has 1 aromatic carbocycles. The molecule has 0 fully saturated rings. The van der Waals surface area contributed by atoms with Crippen molar-refractivity contribution in [2.45, 2.75) is 34.6 Å². The molecule has 0 spiro atoms. The Morgan fingerprint density at radius 1 is 1.14 bits per heavy atom. The summed E-state index contributed by atoms with van der Waals surface area (Å²) in [5, 5.41) is 3.22. The van der Waals surface area contributed by atoms with Crippen LogP contribution in [0.4, 0.5) is 5.69 Å². The van der Waals surface area contributed by atoms with E-state index in [4.69, 9.17) is 9.15 Å². The van der Waals surface area contributed by atoms with Crippen LogP contribution in [0.5, 0.6) is 5.75 Å². The molecule has 0 unspecified atom stereocenters. The number of benzene rings is 1. The number of anilines is 1. The Morgan fingerprint density at radius 2 is 1.79 bits per heavy atom. The molecule has 2 aromatic rings. The zero-order valence-electron chi connectivity index (χ0n) is 17.1. The third-order valence-corrected chi connectivity index (χ3v) is 4.48. The minimum Gasteiger partial charge on any atom is -0.493 e. The van der Waals surface area contributed by atoms with Crippen LogP contribution >= 0.6 is 0 Å². The number of Topliss-reactive ketones (excluding diaryl/α,β-unsaturated/α-hetero) is 1. The summed E-state index contributed by atoms with van der Waals surface area (Å²) in [6.45, 7) is 9.57. The van der Waals surface area contributed by atoms with Crippen molar-refractivity contribution >= 4 is 39.8 Å². The van der Waals surface area contributed by atoms with E-state index in [0.717, 1.165) is 0 Å². The van der Waals surface area contributed by atoms with Crippen molar-refractivity contribution in [1.29, 1.82) is 0 Å². The number of nitrogens with one attached hydrogen (secondary N) is 1. The lowest BCUT2D eigenvalue weighted by atomic mass is 10.00. The van der Waals surface area contributed by atoms with Gasteiger partial charge >= 0.3 is 0 Å². The molecule has 1 aromatic heterocycles. The topological polar surface area (TPSA) is 88.8 Å². The van der Waals surface area contributed by atoms with Crippen molar-refractivity contribution in [2.75, 3.05) is 25.5 Å². The van der Waals surface area contributed by atoms with Gasteiger partial charge in [0.15, 0.2) is 22.9 Å². The molecule has 0 aliphatic carbocycles. The molecule has 0 atom stereocenters. The lowest BCUT2D eigenvalue weighted by molar-refractivity contribution is -0.125. The fourth-order valence-corrected chi connectivity index (χ4v) is 3.10. The minimum atomic E-state index is -0.333. The molecule has 0 aliphatic heterocycles. The number of furan rings is 1. The predicted octanol–water partition coefficient (Wildman–Crippen LogP) is 3.87. The average molecular weight is 386 g/mol. The lowest BCUT2D eigenvalue weighted by Gasteiger charge is -2.17. The maximum atomic E-state index is 12.5. The first-order valence-electron chi connectivity index (χ1n) is 9.14. The SMILES string of the molecule is CCN(CC)C(=O)/C=C(\C)c1ccc(OC)c2oc(C(C)=O)c(NC(C)=O)c12. The number of hydrogen-bond donors (Lipinski definition) is 1. The van der Waals surface area contributed by atoms with Crippen molar-refractivity contribution in [3.8, 4) is 5.75 Å². The van der Waals surface area contributed by atoms with Gasteiger partial charge in [-0.15, -0.1) is 0 Å². The maximum absolute atomic E-state index is 12.5. The van der Waals surface area contributed by atoms with Crippen LogP contribution in [0.25, 0.3) is 16.5 Å². The van der Waals surface area contributed by atoms with Gasteiger partial charge in [-0.1, -0.05) is 6.07 Å². The Morgan fingerprint density at radius 3 is 2.29 bits per heavy atom. The van der Waals surface area contributed by atoms with Crippen molar-refractivity contribution < 1.29 is 23.5 Å². The van der Waals surface area contributed by atoms with Crippen molar-refractivity contribution in [3.63, 3.8) is 0 Å². The molecule has 150 valence electrons. The highest BCUT2D eigenvalue weighted by atomic mass is 16.5. The van der Waals surface area contributed by atoms with Crippen LogP contribution in [0, 0.1) is 0 Å². The molecule has 7 nitrogen and oxygen atoms in total. The molecule has 28 heavy (non-hydrogen) atoms. The first-order valence-corrected chi connectivity index (χ1v) is 9.14. The van der Waals surface area contributed by atoms with Gasteiger partial charge in [0.25, 0.3) is 0 Å². The number of methoxy groups -OCH3 is 1. The lowest BCUT2D eigenvalue weighted by Crippen LogP contribution is -2.28. The normalized spacial score (nSPS) is 11.4. The smallest absolute Gasteiger partial charge is 0.246 e. The molecule has 2 rings (SSSR count). The first kappa shape index (κ1) is 21.2. The fourth-order valence-electron chi connectivity index (χ4n) is 3.10. The average Bonchev–Trinajstić information content (AvgIpc) is 3.01. The summed E-state index contributed by atoms with van der Waals surface area (Å²) in [6.07, 6.45) is 1.55. The Balaban J connectivity index is 2.77. The van der Waals surface area contributed by atoms with E-state index in [9.17, 15) is 14.4 Å². The molecule has 0 aliphatic rings. The van der Waals surface area contributed by atoms with Crippen LogP contribution in [0.3, 0.4) is 0 Å². The second kappa shape index (κ2) is 8.73. The molecule has 0 radical (unpaired) electrons. The van der Waals surface area contributed by atoms with Crippen molar-refractivity contribution in [3.05, 3.63) is 29.5 Å². The predicted molar refractivity (Wildman–Crippen MR) is 109 cm³/mol. The maximum Gasteiger partial charge on any atom is 0.246 e. The van der Waals surface area contributed by atoms with Crippen LogP contribution in [0.15, 0.2) is 22.6 Å². The van der Waals surface area contributed by atoms with Crippen molar-refractivity contribution in [2.24, 2.45) is 0 Å². The van der Waals surface area contributed by atoms with Crippen LogP contribution in [0.1, 0.15) is 50.7 Å². The Kier molecular flexibility index (Phi) is 6.62. The monoisotopic (exact) mass is 386 g/mol. The van der Waals surface area contributed by atoms with Crippen LogP contribution in [0.2, 0.25) is 0 Å². The third-order valence-electron chi connectivity index (χ3n) is 4.48. The van der Waals surface area contributed by atoms with Gasteiger partial charge in [0, 0.05) is 33.0 Å². The molecule has 0 bridgehead atoms. The third kappa shape index (κ3) is 4.08. The van der Waals surface area contributed by atoms with Gasteiger partial charge in [0.2, 0.25) is 11.8 Å². The van der Waals surface area contributed by atoms with Gasteiger partial charge in [-0.05, 0) is 38.0 Å². The number of rotatable bonds is 7. The highest BCUT2D eigenvalue weighted by molar-refractivity contribution is 6.15. The molecule has 1 heterocycles. The summed E-state index contributed by atoms with van der Waals surface area (Å²) in [6, 6.07) is 3.50. The van der Waals surface area contributed by atoms with Gasteiger partial charge < -0.3 is 19.4 Å². The minimum absolute atomic E-state index is 0.0406. The summed E-state index contributed by atoms with van der Waals surface area (Å²) in [7, 11) is 1.50. The Bertz CT molecular complexity index is 951. The van der Waals surface area contributed by atoms with E-state index >= 15 is 0 Å². The fraction of sp³-hybridized carbons (Fsp3) is 0.381. The number of ketones is 1. The zero-order valence-corrected chi connectivity index (χ0v) is 17.1. The molecular formula is C21H26N2O5. The highest BCUT2D eigenvalue weighted by Crippen LogP contribution is 2.41. The Labute approximate surface area is 164 Å². The van der Waals surface area contributed by atoms with Crippen LogP contribution < -0.4 is 10.1 Å². The number of likely N-dealkylation sites (N-methyl/N-ethyl adjacent to an activating group) is 1. The summed E-state index contributed by atoms with van der Waals surface area (Å²) in [4.78, 5) is 38.0. The summed E-state index contributed by atoms with van der Waals surface area (Å²) in [5.41, 5.74) is 1.99. The van der Waals surface area contributed by atoms with E-state index in [1.54, 1.807) is 30.0 Å². The zero-order chi connectivity index (χ0) is 21.0. The largest absolute Gasteiger partial charge is 0.493 e. The number of hydrogen-bond acceptors (Lipinski definition) is 5.